The summed E-state index contributed by atoms with van der Waals surface area (Å²) in [5, 5.41) is 3.55. The maximum Gasteiger partial charge on any atom is 0.264 e. The number of carbonyl (C=O) groups excluding carboxylic acids is 1. The average Bonchev–Trinajstić information content (AvgIpc) is 3.38. The van der Waals surface area contributed by atoms with Gasteiger partial charge in [-0.2, -0.15) is 4.31 Å². The maximum absolute atomic E-state index is 13.5. The SMILES string of the molecule is O=C(CN(Cc1ccccc1)S(=O)(=O)c1ccc(Cl)cc1)Nc1ccc2c(c1)N(S(=O)(=O)c1ccc(Cl)cc1)CC2. The van der Waals surface area contributed by atoms with Crippen LogP contribution < -0.4 is 9.62 Å². The van der Waals surface area contributed by atoms with Gasteiger partial charge in [-0.15, -0.1) is 0 Å². The van der Waals surface area contributed by atoms with Gasteiger partial charge in [-0.05, 0) is 78.2 Å². The number of carbonyl (C=O) groups is 1. The molecule has 4 aromatic rings. The zero-order chi connectivity index (χ0) is 29.2. The summed E-state index contributed by atoms with van der Waals surface area (Å²) in [7, 11) is -7.91. The van der Waals surface area contributed by atoms with E-state index in [9.17, 15) is 21.6 Å². The van der Waals surface area contributed by atoms with E-state index in [0.29, 0.717) is 33.4 Å². The molecule has 1 heterocycles. The topological polar surface area (TPSA) is 104 Å². The number of hydrogen-bond acceptors (Lipinski definition) is 5. The fourth-order valence-electron chi connectivity index (χ4n) is 4.54. The third-order valence-corrected chi connectivity index (χ3v) is 10.7. The van der Waals surface area contributed by atoms with E-state index in [1.165, 1.54) is 52.8 Å². The minimum Gasteiger partial charge on any atom is -0.325 e. The minimum atomic E-state index is -4.06. The second-order valence-electron chi connectivity index (χ2n) is 9.39. The van der Waals surface area contributed by atoms with Crippen LogP contribution in [0.2, 0.25) is 10.0 Å². The van der Waals surface area contributed by atoms with Crippen molar-refractivity contribution in [2.75, 3.05) is 22.7 Å². The average molecular weight is 631 g/mol. The number of benzene rings is 4. The van der Waals surface area contributed by atoms with Crippen molar-refractivity contribution in [3.8, 4) is 0 Å². The lowest BCUT2D eigenvalue weighted by Gasteiger charge is -2.23. The standard InChI is InChI=1S/C29H25Cl2N3O5S2/c30-23-7-12-26(13-8-23)40(36,37)33(19-21-4-2-1-3-5-21)20-29(35)32-25-11-6-22-16-17-34(28(22)18-25)41(38,39)27-14-9-24(31)10-15-27/h1-15,18H,16-17,19-20H2,(H,32,35). The maximum atomic E-state index is 13.5. The van der Waals surface area contributed by atoms with Gasteiger partial charge in [0.15, 0.2) is 0 Å². The summed E-state index contributed by atoms with van der Waals surface area (Å²) in [5.74, 6) is -0.580. The van der Waals surface area contributed by atoms with Crippen LogP contribution in [0, 0.1) is 0 Å². The molecule has 1 N–H and O–H groups in total. The van der Waals surface area contributed by atoms with E-state index < -0.39 is 32.5 Å². The first kappa shape index (κ1) is 29.1. The van der Waals surface area contributed by atoms with Crippen molar-refractivity contribution in [3.05, 3.63) is 118 Å². The van der Waals surface area contributed by atoms with Gasteiger partial charge >= 0.3 is 0 Å². The first-order valence-electron chi connectivity index (χ1n) is 12.5. The summed E-state index contributed by atoms with van der Waals surface area (Å²) >= 11 is 11.9. The van der Waals surface area contributed by atoms with Crippen molar-refractivity contribution in [2.45, 2.75) is 22.8 Å². The molecule has 212 valence electrons. The van der Waals surface area contributed by atoms with E-state index in [1.807, 2.05) is 6.07 Å². The van der Waals surface area contributed by atoms with Gasteiger partial charge < -0.3 is 5.32 Å². The molecule has 12 heteroatoms. The predicted octanol–water partition coefficient (Wildman–Crippen LogP) is 5.57. The highest BCUT2D eigenvalue weighted by atomic mass is 35.5. The number of hydrogen-bond donors (Lipinski definition) is 1. The molecule has 5 rings (SSSR count). The van der Waals surface area contributed by atoms with Gasteiger partial charge in [0.05, 0.1) is 22.0 Å². The molecule has 0 bridgehead atoms. The Morgan fingerprint density at radius 3 is 2.05 bits per heavy atom. The van der Waals surface area contributed by atoms with Crippen LogP contribution in [-0.4, -0.2) is 40.1 Å². The van der Waals surface area contributed by atoms with Crippen LogP contribution in [0.4, 0.5) is 11.4 Å². The fourth-order valence-corrected chi connectivity index (χ4v) is 7.67. The molecule has 0 unspecified atom stereocenters. The molecule has 1 aliphatic rings. The molecule has 0 radical (unpaired) electrons. The molecule has 4 aromatic carbocycles. The van der Waals surface area contributed by atoms with E-state index >= 15 is 0 Å². The van der Waals surface area contributed by atoms with Crippen LogP contribution in [0.1, 0.15) is 11.1 Å². The summed E-state index contributed by atoms with van der Waals surface area (Å²) in [4.78, 5) is 13.3. The molecular formula is C29H25Cl2N3O5S2. The van der Waals surface area contributed by atoms with Crippen LogP contribution in [0.5, 0.6) is 0 Å². The first-order chi connectivity index (χ1) is 19.5. The van der Waals surface area contributed by atoms with Gasteiger partial charge in [-0.1, -0.05) is 59.6 Å². The van der Waals surface area contributed by atoms with Gasteiger partial charge in [0.2, 0.25) is 15.9 Å². The molecule has 0 spiro atoms. The monoisotopic (exact) mass is 629 g/mol. The Balaban J connectivity index is 1.38. The Morgan fingerprint density at radius 2 is 1.41 bits per heavy atom. The van der Waals surface area contributed by atoms with Crippen molar-refractivity contribution in [2.24, 2.45) is 0 Å². The second-order valence-corrected chi connectivity index (χ2v) is 14.1. The van der Waals surface area contributed by atoms with Crippen LogP contribution in [0.3, 0.4) is 0 Å². The Morgan fingerprint density at radius 1 is 0.805 bits per heavy atom. The lowest BCUT2D eigenvalue weighted by atomic mass is 10.1. The summed E-state index contributed by atoms with van der Waals surface area (Å²) in [5.41, 5.74) is 2.32. The van der Waals surface area contributed by atoms with Crippen molar-refractivity contribution in [1.82, 2.24) is 4.31 Å². The Bertz CT molecular complexity index is 1780. The zero-order valence-corrected chi connectivity index (χ0v) is 24.7. The normalized spacial score (nSPS) is 13.3. The quantitative estimate of drug-likeness (QED) is 0.260. The van der Waals surface area contributed by atoms with Crippen molar-refractivity contribution >= 4 is 60.5 Å². The molecule has 0 saturated carbocycles. The molecule has 0 saturated heterocycles. The lowest BCUT2D eigenvalue weighted by Crippen LogP contribution is -2.37. The molecule has 0 aromatic heterocycles. The fraction of sp³-hybridized carbons (Fsp3) is 0.138. The highest BCUT2D eigenvalue weighted by Gasteiger charge is 2.32. The molecule has 1 amide bonds. The number of sulfonamides is 2. The summed E-state index contributed by atoms with van der Waals surface area (Å²) in [6.45, 7) is -0.248. The van der Waals surface area contributed by atoms with E-state index in [4.69, 9.17) is 23.2 Å². The third-order valence-electron chi connectivity index (χ3n) is 6.60. The van der Waals surface area contributed by atoms with Gasteiger partial charge in [0, 0.05) is 28.8 Å². The van der Waals surface area contributed by atoms with Gasteiger partial charge in [-0.25, -0.2) is 16.8 Å². The van der Waals surface area contributed by atoms with Crippen molar-refractivity contribution in [3.63, 3.8) is 0 Å². The minimum absolute atomic E-state index is 0.00575. The number of anilines is 2. The molecule has 0 fully saturated rings. The zero-order valence-electron chi connectivity index (χ0n) is 21.6. The molecule has 0 aliphatic carbocycles. The van der Waals surface area contributed by atoms with E-state index in [0.717, 1.165) is 9.87 Å². The van der Waals surface area contributed by atoms with E-state index in [-0.39, 0.29) is 22.9 Å². The van der Waals surface area contributed by atoms with Crippen LogP contribution in [-0.2, 0) is 37.8 Å². The second kappa shape index (κ2) is 11.8. The van der Waals surface area contributed by atoms with E-state index in [2.05, 4.69) is 5.32 Å². The number of fused-ring (bicyclic) bond motifs is 1. The van der Waals surface area contributed by atoms with Crippen molar-refractivity contribution in [1.29, 1.82) is 0 Å². The molecular weight excluding hydrogens is 605 g/mol. The number of halogens is 2. The molecule has 1 aliphatic heterocycles. The first-order valence-corrected chi connectivity index (χ1v) is 16.2. The molecule has 41 heavy (non-hydrogen) atoms. The Labute approximate surface area is 249 Å². The Kier molecular flexibility index (Phi) is 8.40. The largest absolute Gasteiger partial charge is 0.325 e. The van der Waals surface area contributed by atoms with E-state index in [1.54, 1.807) is 42.5 Å². The number of amides is 1. The van der Waals surface area contributed by atoms with Crippen LogP contribution >= 0.6 is 23.2 Å². The number of nitrogens with zero attached hydrogens (tertiary/aromatic N) is 2. The molecule has 0 atom stereocenters. The lowest BCUT2D eigenvalue weighted by molar-refractivity contribution is -0.116. The van der Waals surface area contributed by atoms with Gasteiger partial charge in [0.25, 0.3) is 10.0 Å². The Hall–Kier alpha value is -3.41. The summed E-state index contributed by atoms with van der Waals surface area (Å²) in [6.07, 6.45) is 0.514. The third kappa shape index (κ3) is 6.42. The van der Waals surface area contributed by atoms with Crippen LogP contribution in [0.15, 0.2) is 107 Å². The molecule has 8 nitrogen and oxygen atoms in total. The highest BCUT2D eigenvalue weighted by molar-refractivity contribution is 7.92. The smallest absolute Gasteiger partial charge is 0.264 e. The van der Waals surface area contributed by atoms with Crippen molar-refractivity contribution < 1.29 is 21.6 Å². The highest BCUT2D eigenvalue weighted by Crippen LogP contribution is 2.35. The van der Waals surface area contributed by atoms with Gasteiger partial charge in [-0.3, -0.25) is 9.10 Å². The summed E-state index contributed by atoms with van der Waals surface area (Å²) in [6, 6.07) is 25.6. The number of nitrogens with one attached hydrogen (secondary N) is 1. The van der Waals surface area contributed by atoms with Gasteiger partial charge in [0.1, 0.15) is 0 Å². The number of rotatable bonds is 9. The predicted molar refractivity (Wildman–Crippen MR) is 160 cm³/mol. The van der Waals surface area contributed by atoms with Crippen LogP contribution in [0.25, 0.3) is 0 Å². The summed E-state index contributed by atoms with van der Waals surface area (Å²) < 4.78 is 56.1.